The van der Waals surface area contributed by atoms with Crippen molar-refractivity contribution >= 4 is 312 Å². The first kappa shape index (κ1) is 82.3. The Kier molecular flexibility index (Phi) is 17.5. The van der Waals surface area contributed by atoms with Crippen LogP contribution < -0.4 is 0 Å². The molecule has 0 aliphatic rings. The molecule has 12 aromatic heterocycles. The lowest BCUT2D eigenvalue weighted by Gasteiger charge is -2.13. The fourth-order valence-electron chi connectivity index (χ4n) is 24.3. The summed E-state index contributed by atoms with van der Waals surface area (Å²) < 4.78 is 33.6. The van der Waals surface area contributed by atoms with Gasteiger partial charge in [0, 0.05) is 153 Å². The van der Waals surface area contributed by atoms with E-state index in [1.807, 2.05) is 34.0 Å². The molecule has 0 amide bonds. The topological polar surface area (TPSA) is 132 Å². The Morgan fingerprint density at radius 2 is 0.490 bits per heavy atom. The van der Waals surface area contributed by atoms with Crippen molar-refractivity contribution in [3.63, 3.8) is 0 Å². The summed E-state index contributed by atoms with van der Waals surface area (Å²) >= 11 is 5.56. The van der Waals surface area contributed by atoms with Gasteiger partial charge in [-0.25, -0.2) is 29.9 Å². The number of aromatic nitrogens is 9. The third-order valence-electron chi connectivity index (χ3n) is 30.8. The smallest absolute Gasteiger partial charge is 0.235 e. The molecule has 23 aromatic carbocycles. The molecule has 0 aliphatic carbocycles. The highest BCUT2D eigenvalue weighted by molar-refractivity contribution is 7.27. The van der Waals surface area contributed by atoms with Gasteiger partial charge in [-0.3, -0.25) is 13.7 Å². The number of thiophene rings is 3. The standard InChI is InChI=1S/2C46H25N3OS.C42H23N3OS/c1-3-11-29-27(10-1)18-24-39-41(29)34-25-28(19-23-38(34)50-39)44-33-14-5-7-15-35(33)47-46(48-44)49-36-21-17-26-9-2-4-12-30(26)42(36)43-37(49)22-20-32-31-13-6-8-16-40(31)51-45(32)43;1-2-12-28-26(11-1)21-24-38-40(28)34-25-27(22-23-37(34)50-38)43-31-15-5-8-18-35(31)47-46(48-43)49-36-19-9-6-16-32(36)41-29-13-3-4-14-30(29)42-33-17-7-10-20-39(33)51-45(42)44(41)49;1-2-10-26-24(9-1)17-21-35-38(26)30-23-25(18-20-34(30)46-35)41-27-11-3-6-14-31(27)43-42(44-41)45-32-15-7-4-12-28(32)39-33(45)19-22-37-40(39)29-13-5-8-16-36(29)47-37/h2*1-25H;1-23H. The second-order valence-electron chi connectivity index (χ2n) is 38.7. The summed E-state index contributed by atoms with van der Waals surface area (Å²) in [5.41, 5.74) is 20.4. The Bertz CT molecular complexity index is 12100. The predicted molar refractivity (Wildman–Crippen MR) is 626 cm³/mol. The number of rotatable bonds is 6. The lowest BCUT2D eigenvalue weighted by Crippen LogP contribution is -2.03. The summed E-state index contributed by atoms with van der Waals surface area (Å²) in [4.78, 5) is 32.2. The van der Waals surface area contributed by atoms with Crippen LogP contribution in [-0.4, -0.2) is 43.6 Å². The van der Waals surface area contributed by atoms with Crippen LogP contribution in [0.5, 0.6) is 0 Å². The summed E-state index contributed by atoms with van der Waals surface area (Å²) in [6.45, 7) is 0. The minimum atomic E-state index is 0.655. The van der Waals surface area contributed by atoms with E-state index in [-0.39, 0.29) is 0 Å². The van der Waals surface area contributed by atoms with Crippen LogP contribution in [0.1, 0.15) is 0 Å². The first-order chi connectivity index (χ1) is 73.9. The number of hydrogen-bond donors (Lipinski definition) is 0. The molecule has 12 nitrogen and oxygen atoms in total. The quantitative estimate of drug-likeness (QED) is 0.160. The summed E-state index contributed by atoms with van der Waals surface area (Å²) in [6, 6.07) is 157. The van der Waals surface area contributed by atoms with Gasteiger partial charge in [0.2, 0.25) is 17.8 Å². The Hall–Kier alpha value is -19.2. The number of hydrogen-bond acceptors (Lipinski definition) is 12. The normalized spacial score (nSPS) is 12.3. The first-order valence-electron chi connectivity index (χ1n) is 50.1. The van der Waals surface area contributed by atoms with Crippen molar-refractivity contribution < 1.29 is 13.3 Å². The number of fused-ring (bicyclic) bond motifs is 44. The molecular formula is C134H73N9O3S3. The second-order valence-corrected chi connectivity index (χ2v) is 41.9. The van der Waals surface area contributed by atoms with Gasteiger partial charge in [0.15, 0.2) is 0 Å². The molecule has 0 radical (unpaired) electrons. The Morgan fingerprint density at radius 3 is 0.980 bits per heavy atom. The molecule has 0 spiro atoms. The van der Waals surface area contributed by atoms with E-state index in [2.05, 4.69) is 457 Å². The molecule has 0 bridgehead atoms. The number of para-hydroxylation sites is 5. The maximum atomic E-state index is 6.38. The molecule has 0 saturated carbocycles. The van der Waals surface area contributed by atoms with Crippen LogP contribution in [0.3, 0.4) is 0 Å². The van der Waals surface area contributed by atoms with E-state index < -0.39 is 0 Å². The van der Waals surface area contributed by atoms with Crippen LogP contribution >= 0.6 is 34.0 Å². The van der Waals surface area contributed by atoms with E-state index in [0.29, 0.717) is 17.8 Å². The monoisotopic (exact) mass is 1950 g/mol. The van der Waals surface area contributed by atoms with Crippen LogP contribution in [0.25, 0.3) is 330 Å². The van der Waals surface area contributed by atoms with Gasteiger partial charge in [-0.1, -0.05) is 297 Å². The molecular weight excluding hydrogens is 1880 g/mol. The highest BCUT2D eigenvalue weighted by Gasteiger charge is 2.30. The maximum Gasteiger partial charge on any atom is 0.235 e. The van der Waals surface area contributed by atoms with Crippen LogP contribution in [0.2, 0.25) is 0 Å². The molecule has 0 fully saturated rings. The van der Waals surface area contributed by atoms with Crippen molar-refractivity contribution in [2.75, 3.05) is 0 Å². The second kappa shape index (κ2) is 31.7. The molecule has 35 aromatic rings. The van der Waals surface area contributed by atoms with Crippen LogP contribution in [-0.2, 0) is 0 Å². The predicted octanol–water partition coefficient (Wildman–Crippen LogP) is 37.7. The summed E-state index contributed by atoms with van der Waals surface area (Å²) in [5.74, 6) is 1.97. The highest BCUT2D eigenvalue weighted by Crippen LogP contribution is 2.53. The molecule has 35 rings (SSSR count). The van der Waals surface area contributed by atoms with Gasteiger partial charge >= 0.3 is 0 Å². The van der Waals surface area contributed by atoms with E-state index in [0.717, 1.165) is 165 Å². The summed E-state index contributed by atoms with van der Waals surface area (Å²) in [7, 11) is 0. The van der Waals surface area contributed by atoms with Crippen LogP contribution in [0.15, 0.2) is 456 Å². The van der Waals surface area contributed by atoms with Gasteiger partial charge in [-0.2, -0.15) is 0 Å². The van der Waals surface area contributed by atoms with Crippen molar-refractivity contribution in [2.45, 2.75) is 0 Å². The van der Waals surface area contributed by atoms with Gasteiger partial charge in [-0.05, 0) is 199 Å². The SMILES string of the molecule is c1ccc2c(c1)ccc1oc3ccc(-c4nc(-n5c6ccc7ccccc7c6c6c7sc8ccccc8c7ccc65)nc5ccccc45)cc3c12.c1ccc2c(c1)ccc1oc3ccc(-c4nc(-n5c6ccccc6c6c7c(ccc65)sc5ccccc57)nc5ccccc45)cc3c12.c1ccc2c(c1)ccc1oc3ccc(-c4nc(-n5c6ccccc6c6c7ccccc7c7c8ccccc8sc7c65)nc5ccccc45)cc3c12. The molecule has 0 saturated heterocycles. The van der Waals surface area contributed by atoms with Crippen molar-refractivity contribution in [1.82, 2.24) is 43.6 Å². The van der Waals surface area contributed by atoms with Crippen molar-refractivity contribution in [1.29, 1.82) is 0 Å². The van der Waals surface area contributed by atoms with Gasteiger partial charge < -0.3 is 13.3 Å². The van der Waals surface area contributed by atoms with Gasteiger partial charge in [0.05, 0.1) is 71.4 Å². The zero-order valence-corrected chi connectivity index (χ0v) is 81.6. The van der Waals surface area contributed by atoms with Gasteiger partial charge in [-0.15, -0.1) is 34.0 Å². The molecule has 149 heavy (non-hydrogen) atoms. The van der Waals surface area contributed by atoms with Gasteiger partial charge in [0.1, 0.15) is 33.5 Å². The minimum absolute atomic E-state index is 0.655. The molecule has 12 heterocycles. The average Bonchev–Trinajstić information content (AvgIpc) is 2.03. The lowest BCUT2D eigenvalue weighted by atomic mass is 9.99. The van der Waals surface area contributed by atoms with Crippen molar-refractivity contribution in [3.05, 3.63) is 443 Å². The summed E-state index contributed by atoms with van der Waals surface area (Å²) in [5, 5.41) is 36.8. The summed E-state index contributed by atoms with van der Waals surface area (Å²) in [6.07, 6.45) is 0. The minimum Gasteiger partial charge on any atom is -0.456 e. The van der Waals surface area contributed by atoms with Crippen molar-refractivity contribution in [3.8, 4) is 51.6 Å². The fraction of sp³-hybridized carbons (Fsp3) is 0. The van der Waals surface area contributed by atoms with E-state index in [1.165, 1.54) is 147 Å². The average molecular weight is 1950 g/mol. The Morgan fingerprint density at radius 1 is 0.168 bits per heavy atom. The molecule has 0 aliphatic heterocycles. The van der Waals surface area contributed by atoms with E-state index in [1.54, 1.807) is 0 Å². The van der Waals surface area contributed by atoms with E-state index in [9.17, 15) is 0 Å². The zero-order chi connectivity index (χ0) is 97.1. The largest absolute Gasteiger partial charge is 0.456 e. The Labute approximate surface area is 857 Å². The molecule has 0 unspecified atom stereocenters. The van der Waals surface area contributed by atoms with Gasteiger partial charge in [0.25, 0.3) is 0 Å². The third-order valence-corrected chi connectivity index (χ3v) is 34.3. The first-order valence-corrected chi connectivity index (χ1v) is 52.5. The van der Waals surface area contributed by atoms with Crippen LogP contribution in [0, 0.1) is 0 Å². The van der Waals surface area contributed by atoms with Crippen LogP contribution in [0.4, 0.5) is 0 Å². The molecule has 0 N–H and O–H groups in total. The molecule has 0 atom stereocenters. The zero-order valence-electron chi connectivity index (χ0n) is 79.1. The number of benzene rings is 23. The number of nitrogens with zero attached hydrogens (tertiary/aromatic N) is 9. The molecule has 15 heteroatoms. The Balaban J connectivity index is 0.0000000971. The lowest BCUT2D eigenvalue weighted by molar-refractivity contribution is 0.669. The highest BCUT2D eigenvalue weighted by atomic mass is 32.1. The van der Waals surface area contributed by atoms with E-state index in [4.69, 9.17) is 43.2 Å². The number of furan rings is 3. The molecule has 690 valence electrons. The maximum absolute atomic E-state index is 6.38. The third kappa shape index (κ3) is 12.2. The fourth-order valence-corrected chi connectivity index (χ4v) is 27.9. The van der Waals surface area contributed by atoms with Crippen molar-refractivity contribution in [2.24, 2.45) is 0 Å². The van der Waals surface area contributed by atoms with E-state index >= 15 is 0 Å².